The van der Waals surface area contributed by atoms with Gasteiger partial charge in [0.15, 0.2) is 6.61 Å². The van der Waals surface area contributed by atoms with Crippen LogP contribution in [0, 0.1) is 5.92 Å². The third-order valence-electron chi connectivity index (χ3n) is 3.10. The summed E-state index contributed by atoms with van der Waals surface area (Å²) in [6, 6.07) is 7.47. The zero-order valence-electron chi connectivity index (χ0n) is 10.5. The van der Waals surface area contributed by atoms with Gasteiger partial charge in [-0.15, -0.1) is 0 Å². The summed E-state index contributed by atoms with van der Waals surface area (Å²) in [6.07, 6.45) is 3.73. The van der Waals surface area contributed by atoms with Gasteiger partial charge in [0.25, 0.3) is 5.91 Å². The van der Waals surface area contributed by atoms with Crippen LogP contribution in [0.1, 0.15) is 24.8 Å². The number of carbonyl (C=O) groups is 1. The second kappa shape index (κ2) is 6.40. The van der Waals surface area contributed by atoms with Gasteiger partial charge in [-0.25, -0.2) is 0 Å². The van der Waals surface area contributed by atoms with Crippen molar-refractivity contribution < 1.29 is 9.53 Å². The van der Waals surface area contributed by atoms with Crippen LogP contribution in [0.3, 0.4) is 0 Å². The third-order valence-corrected chi connectivity index (χ3v) is 3.10. The monoisotopic (exact) mass is 248 g/mol. The Morgan fingerprint density at radius 2 is 2.06 bits per heavy atom. The van der Waals surface area contributed by atoms with Crippen molar-refractivity contribution in [3.8, 4) is 5.75 Å². The molecule has 1 aromatic rings. The molecule has 0 heterocycles. The van der Waals surface area contributed by atoms with E-state index in [2.05, 4.69) is 5.32 Å². The average molecular weight is 248 g/mol. The first-order valence-electron chi connectivity index (χ1n) is 6.46. The van der Waals surface area contributed by atoms with Crippen LogP contribution in [-0.4, -0.2) is 19.1 Å². The van der Waals surface area contributed by atoms with Crippen LogP contribution < -0.4 is 15.8 Å². The van der Waals surface area contributed by atoms with Gasteiger partial charge in [-0.1, -0.05) is 25.0 Å². The molecule has 0 saturated heterocycles. The first kappa shape index (κ1) is 12.9. The second-order valence-corrected chi connectivity index (χ2v) is 4.72. The zero-order chi connectivity index (χ0) is 12.8. The number of nitrogens with one attached hydrogen (secondary N) is 1. The summed E-state index contributed by atoms with van der Waals surface area (Å²) in [5, 5.41) is 2.86. The van der Waals surface area contributed by atoms with Crippen molar-refractivity contribution in [2.75, 3.05) is 13.2 Å². The van der Waals surface area contributed by atoms with Gasteiger partial charge in [0.1, 0.15) is 5.75 Å². The lowest BCUT2D eigenvalue weighted by molar-refractivity contribution is -0.123. The first-order chi connectivity index (χ1) is 8.78. The van der Waals surface area contributed by atoms with Crippen molar-refractivity contribution in [3.05, 3.63) is 29.8 Å². The van der Waals surface area contributed by atoms with Crippen LogP contribution in [0.5, 0.6) is 5.75 Å². The highest BCUT2D eigenvalue weighted by Crippen LogP contribution is 2.31. The predicted molar refractivity (Wildman–Crippen MR) is 70.2 cm³/mol. The molecule has 0 aliphatic heterocycles. The number of rotatable bonds is 7. The van der Waals surface area contributed by atoms with E-state index in [1.165, 1.54) is 12.8 Å². The standard InChI is InChI=1S/C14H20N2O2/c15-9-12-3-5-13(6-4-12)18-10-14(17)16-8-7-11-1-2-11/h3-6,11H,1-2,7-10,15H2,(H,16,17). The van der Waals surface area contributed by atoms with Crippen LogP contribution in [0.4, 0.5) is 0 Å². The molecule has 0 unspecified atom stereocenters. The van der Waals surface area contributed by atoms with E-state index in [9.17, 15) is 4.79 Å². The van der Waals surface area contributed by atoms with Crippen LogP contribution in [0.2, 0.25) is 0 Å². The normalized spacial score (nSPS) is 14.3. The maximum Gasteiger partial charge on any atom is 0.257 e. The van der Waals surface area contributed by atoms with Crippen LogP contribution >= 0.6 is 0 Å². The van der Waals surface area contributed by atoms with Crippen molar-refractivity contribution in [2.45, 2.75) is 25.8 Å². The minimum atomic E-state index is -0.0569. The quantitative estimate of drug-likeness (QED) is 0.767. The molecule has 1 fully saturated rings. The minimum absolute atomic E-state index is 0.0569. The van der Waals surface area contributed by atoms with E-state index in [4.69, 9.17) is 10.5 Å². The molecule has 4 heteroatoms. The van der Waals surface area contributed by atoms with Gasteiger partial charge >= 0.3 is 0 Å². The lowest BCUT2D eigenvalue weighted by Gasteiger charge is -2.07. The number of benzene rings is 1. The molecule has 1 saturated carbocycles. The fraction of sp³-hybridized carbons (Fsp3) is 0.500. The minimum Gasteiger partial charge on any atom is -0.484 e. The molecule has 1 aliphatic rings. The van der Waals surface area contributed by atoms with E-state index in [1.807, 2.05) is 24.3 Å². The lowest BCUT2D eigenvalue weighted by atomic mass is 10.2. The predicted octanol–water partition coefficient (Wildman–Crippen LogP) is 1.44. The summed E-state index contributed by atoms with van der Waals surface area (Å²) in [5.41, 5.74) is 6.55. The molecule has 0 bridgehead atoms. The average Bonchev–Trinajstić information content (AvgIpc) is 3.21. The molecule has 0 spiro atoms. The van der Waals surface area contributed by atoms with E-state index in [1.54, 1.807) is 0 Å². The highest BCUT2D eigenvalue weighted by Gasteiger charge is 2.20. The van der Waals surface area contributed by atoms with Gasteiger partial charge in [-0.2, -0.15) is 0 Å². The molecule has 3 N–H and O–H groups in total. The molecule has 1 amide bonds. The second-order valence-electron chi connectivity index (χ2n) is 4.72. The Bertz CT molecular complexity index is 385. The molecule has 1 aromatic carbocycles. The Balaban J connectivity index is 1.64. The van der Waals surface area contributed by atoms with E-state index in [0.29, 0.717) is 12.3 Å². The molecule has 0 radical (unpaired) electrons. The SMILES string of the molecule is NCc1ccc(OCC(=O)NCCC2CC2)cc1. The van der Waals surface area contributed by atoms with E-state index < -0.39 is 0 Å². The van der Waals surface area contributed by atoms with Crippen molar-refractivity contribution >= 4 is 5.91 Å². The summed E-state index contributed by atoms with van der Waals surface area (Å²) in [5.74, 6) is 1.48. The van der Waals surface area contributed by atoms with E-state index in [-0.39, 0.29) is 12.5 Å². The van der Waals surface area contributed by atoms with Gasteiger partial charge in [0.05, 0.1) is 0 Å². The summed E-state index contributed by atoms with van der Waals surface area (Å²) in [7, 11) is 0. The Labute approximate surface area is 108 Å². The molecule has 2 rings (SSSR count). The van der Waals surface area contributed by atoms with Crippen LogP contribution in [-0.2, 0) is 11.3 Å². The number of hydrogen-bond donors (Lipinski definition) is 2. The van der Waals surface area contributed by atoms with Gasteiger partial charge in [-0.05, 0) is 30.0 Å². The van der Waals surface area contributed by atoms with Crippen molar-refractivity contribution in [2.24, 2.45) is 11.7 Å². The number of nitrogens with two attached hydrogens (primary N) is 1. The van der Waals surface area contributed by atoms with Crippen LogP contribution in [0.25, 0.3) is 0 Å². The molecule has 0 atom stereocenters. The van der Waals surface area contributed by atoms with Crippen molar-refractivity contribution in [1.82, 2.24) is 5.32 Å². The lowest BCUT2D eigenvalue weighted by Crippen LogP contribution is -2.29. The van der Waals surface area contributed by atoms with Crippen molar-refractivity contribution in [3.63, 3.8) is 0 Å². The number of carbonyl (C=O) groups excluding carboxylic acids is 1. The first-order valence-corrected chi connectivity index (χ1v) is 6.46. The van der Waals surface area contributed by atoms with Gasteiger partial charge in [-0.3, -0.25) is 4.79 Å². The van der Waals surface area contributed by atoms with Crippen LogP contribution in [0.15, 0.2) is 24.3 Å². The number of ether oxygens (including phenoxy) is 1. The zero-order valence-corrected chi connectivity index (χ0v) is 10.5. The molecule has 0 aromatic heterocycles. The molecular formula is C14H20N2O2. The Morgan fingerprint density at radius 3 is 2.67 bits per heavy atom. The topological polar surface area (TPSA) is 64.3 Å². The van der Waals surface area contributed by atoms with Gasteiger partial charge in [0, 0.05) is 13.1 Å². The largest absolute Gasteiger partial charge is 0.484 e. The Morgan fingerprint density at radius 1 is 1.33 bits per heavy atom. The van der Waals surface area contributed by atoms with Gasteiger partial charge in [0.2, 0.25) is 0 Å². The highest BCUT2D eigenvalue weighted by molar-refractivity contribution is 5.77. The molecule has 18 heavy (non-hydrogen) atoms. The smallest absolute Gasteiger partial charge is 0.257 e. The summed E-state index contributed by atoms with van der Waals surface area (Å²) < 4.78 is 5.39. The maximum atomic E-state index is 11.5. The summed E-state index contributed by atoms with van der Waals surface area (Å²) >= 11 is 0. The third kappa shape index (κ3) is 4.37. The molecular weight excluding hydrogens is 228 g/mol. The van der Waals surface area contributed by atoms with Gasteiger partial charge < -0.3 is 15.8 Å². The van der Waals surface area contributed by atoms with Crippen molar-refractivity contribution in [1.29, 1.82) is 0 Å². The van der Waals surface area contributed by atoms with E-state index in [0.717, 1.165) is 24.4 Å². The fourth-order valence-electron chi connectivity index (χ4n) is 1.74. The fourth-order valence-corrected chi connectivity index (χ4v) is 1.74. The highest BCUT2D eigenvalue weighted by atomic mass is 16.5. The number of hydrogen-bond acceptors (Lipinski definition) is 3. The summed E-state index contributed by atoms with van der Waals surface area (Å²) in [6.45, 7) is 1.35. The number of amides is 1. The molecule has 1 aliphatic carbocycles. The Kier molecular flexibility index (Phi) is 4.59. The Hall–Kier alpha value is -1.55. The summed E-state index contributed by atoms with van der Waals surface area (Å²) in [4.78, 5) is 11.5. The van der Waals surface area contributed by atoms with E-state index >= 15 is 0 Å². The molecule has 98 valence electrons. The molecule has 4 nitrogen and oxygen atoms in total. The maximum absolute atomic E-state index is 11.5.